The van der Waals surface area contributed by atoms with Crippen molar-refractivity contribution >= 4 is 5.96 Å². The van der Waals surface area contributed by atoms with E-state index in [2.05, 4.69) is 41.3 Å². The summed E-state index contributed by atoms with van der Waals surface area (Å²) in [7, 11) is 1.89. The maximum Gasteiger partial charge on any atom is 0.191 e. The molecular weight excluding hydrogens is 324 g/mol. The molecule has 0 spiro atoms. The van der Waals surface area contributed by atoms with E-state index in [0.717, 1.165) is 38.7 Å². The van der Waals surface area contributed by atoms with Gasteiger partial charge in [0, 0.05) is 39.4 Å². The van der Waals surface area contributed by atoms with Crippen LogP contribution in [0.4, 0.5) is 0 Å². The van der Waals surface area contributed by atoms with Gasteiger partial charge >= 0.3 is 0 Å². The van der Waals surface area contributed by atoms with Crippen LogP contribution in [0.1, 0.15) is 65.7 Å². The van der Waals surface area contributed by atoms with Crippen LogP contribution < -0.4 is 10.6 Å². The number of aliphatic imine (C=N–C) groups is 1. The van der Waals surface area contributed by atoms with E-state index in [1.54, 1.807) is 0 Å². The first kappa shape index (κ1) is 21.5. The zero-order valence-electron chi connectivity index (χ0n) is 17.6. The van der Waals surface area contributed by atoms with Crippen molar-refractivity contribution in [2.45, 2.75) is 71.8 Å². The SMILES string of the molecule is CCOCCC1(CNC(=NC)NCC(C(C)C)N2CCCC2)CCCC1. The largest absolute Gasteiger partial charge is 0.382 e. The van der Waals surface area contributed by atoms with Crippen LogP contribution in [0, 0.1) is 11.3 Å². The fourth-order valence-corrected chi connectivity index (χ4v) is 4.63. The highest BCUT2D eigenvalue weighted by atomic mass is 16.5. The molecule has 0 radical (unpaired) electrons. The first-order valence-electron chi connectivity index (χ1n) is 10.9. The zero-order valence-corrected chi connectivity index (χ0v) is 17.6. The molecular formula is C21H42N4O. The van der Waals surface area contributed by atoms with Crippen molar-refractivity contribution in [2.24, 2.45) is 16.3 Å². The van der Waals surface area contributed by atoms with E-state index in [1.807, 2.05) is 7.05 Å². The molecule has 2 aliphatic rings. The molecule has 0 amide bonds. The lowest BCUT2D eigenvalue weighted by atomic mass is 9.83. The van der Waals surface area contributed by atoms with Crippen LogP contribution >= 0.6 is 0 Å². The van der Waals surface area contributed by atoms with Gasteiger partial charge in [0.1, 0.15) is 0 Å². The second-order valence-electron chi connectivity index (χ2n) is 8.52. The van der Waals surface area contributed by atoms with E-state index in [9.17, 15) is 0 Å². The Kier molecular flexibility index (Phi) is 9.20. The van der Waals surface area contributed by atoms with Crippen molar-refractivity contribution in [3.63, 3.8) is 0 Å². The fraction of sp³-hybridized carbons (Fsp3) is 0.952. The van der Waals surface area contributed by atoms with Gasteiger partial charge in [0.15, 0.2) is 5.96 Å². The summed E-state index contributed by atoms with van der Waals surface area (Å²) in [6.45, 7) is 12.9. The van der Waals surface area contributed by atoms with Gasteiger partial charge in [0.05, 0.1) is 0 Å². The van der Waals surface area contributed by atoms with Gasteiger partial charge in [-0.1, -0.05) is 26.7 Å². The average molecular weight is 367 g/mol. The summed E-state index contributed by atoms with van der Waals surface area (Å²) < 4.78 is 5.64. The Labute approximate surface area is 161 Å². The molecule has 0 aromatic heterocycles. The van der Waals surface area contributed by atoms with Crippen molar-refractivity contribution in [1.29, 1.82) is 0 Å². The maximum atomic E-state index is 5.64. The molecule has 2 fully saturated rings. The average Bonchev–Trinajstić information content (AvgIpc) is 3.30. The number of hydrogen-bond acceptors (Lipinski definition) is 3. The number of rotatable bonds is 10. The van der Waals surface area contributed by atoms with E-state index in [0.29, 0.717) is 17.4 Å². The Balaban J connectivity index is 1.81. The summed E-state index contributed by atoms with van der Waals surface area (Å²) in [5.74, 6) is 1.61. The van der Waals surface area contributed by atoms with Crippen LogP contribution in [0.3, 0.4) is 0 Å². The molecule has 0 bridgehead atoms. The molecule has 1 unspecified atom stereocenters. The summed E-state index contributed by atoms with van der Waals surface area (Å²) in [4.78, 5) is 7.12. The third kappa shape index (κ3) is 6.41. The van der Waals surface area contributed by atoms with Gasteiger partial charge in [-0.3, -0.25) is 9.89 Å². The smallest absolute Gasteiger partial charge is 0.191 e. The number of hydrogen-bond donors (Lipinski definition) is 2. The van der Waals surface area contributed by atoms with Crippen molar-refractivity contribution < 1.29 is 4.74 Å². The molecule has 1 saturated carbocycles. The molecule has 5 nitrogen and oxygen atoms in total. The van der Waals surface area contributed by atoms with Gasteiger partial charge < -0.3 is 15.4 Å². The molecule has 1 saturated heterocycles. The van der Waals surface area contributed by atoms with Gasteiger partial charge in [-0.2, -0.15) is 0 Å². The minimum atomic E-state index is 0.388. The van der Waals surface area contributed by atoms with Crippen LogP contribution in [0.15, 0.2) is 4.99 Å². The number of guanidine groups is 1. The highest BCUT2D eigenvalue weighted by molar-refractivity contribution is 5.79. The van der Waals surface area contributed by atoms with Gasteiger partial charge in [-0.25, -0.2) is 0 Å². The Morgan fingerprint density at radius 3 is 2.38 bits per heavy atom. The summed E-state index contributed by atoms with van der Waals surface area (Å²) in [5, 5.41) is 7.23. The normalized spacial score (nSPS) is 22.1. The summed E-state index contributed by atoms with van der Waals surface area (Å²) in [6.07, 6.45) is 9.18. The lowest BCUT2D eigenvalue weighted by Crippen LogP contribution is -2.50. The fourth-order valence-electron chi connectivity index (χ4n) is 4.63. The van der Waals surface area contributed by atoms with Crippen LogP contribution in [-0.4, -0.2) is 63.3 Å². The molecule has 1 atom stereocenters. The van der Waals surface area contributed by atoms with Gasteiger partial charge in [0.2, 0.25) is 0 Å². The Hall–Kier alpha value is -0.810. The van der Waals surface area contributed by atoms with Crippen LogP contribution in [-0.2, 0) is 4.74 Å². The monoisotopic (exact) mass is 366 g/mol. The quantitative estimate of drug-likeness (QED) is 0.354. The maximum absolute atomic E-state index is 5.64. The van der Waals surface area contributed by atoms with Gasteiger partial charge in [-0.15, -0.1) is 0 Å². The zero-order chi connectivity index (χ0) is 18.8. The van der Waals surface area contributed by atoms with Gasteiger partial charge in [0.25, 0.3) is 0 Å². The molecule has 5 heteroatoms. The highest BCUT2D eigenvalue weighted by Crippen LogP contribution is 2.40. The summed E-state index contributed by atoms with van der Waals surface area (Å²) >= 11 is 0. The van der Waals surface area contributed by atoms with Crippen molar-refractivity contribution in [3.8, 4) is 0 Å². The second-order valence-corrected chi connectivity index (χ2v) is 8.52. The predicted molar refractivity (Wildman–Crippen MR) is 111 cm³/mol. The first-order valence-corrected chi connectivity index (χ1v) is 10.9. The van der Waals surface area contributed by atoms with Gasteiger partial charge in [-0.05, 0) is 63.5 Å². The second kappa shape index (κ2) is 11.1. The molecule has 0 aromatic rings. The van der Waals surface area contributed by atoms with E-state index < -0.39 is 0 Å². The molecule has 26 heavy (non-hydrogen) atoms. The molecule has 152 valence electrons. The Morgan fingerprint density at radius 2 is 1.81 bits per heavy atom. The first-order chi connectivity index (χ1) is 12.6. The molecule has 1 aliphatic heterocycles. The summed E-state index contributed by atoms with van der Waals surface area (Å²) in [6, 6.07) is 0.592. The number of nitrogens with one attached hydrogen (secondary N) is 2. The summed E-state index contributed by atoms with van der Waals surface area (Å²) in [5.41, 5.74) is 0.388. The van der Waals surface area contributed by atoms with Crippen LogP contribution in [0.5, 0.6) is 0 Å². The molecule has 2 rings (SSSR count). The molecule has 1 aliphatic carbocycles. The van der Waals surface area contributed by atoms with Crippen LogP contribution in [0.2, 0.25) is 0 Å². The molecule has 0 aromatic carbocycles. The van der Waals surface area contributed by atoms with E-state index in [4.69, 9.17) is 4.74 Å². The third-order valence-corrected chi connectivity index (χ3v) is 6.36. The topological polar surface area (TPSA) is 48.9 Å². The van der Waals surface area contributed by atoms with Crippen LogP contribution in [0.25, 0.3) is 0 Å². The lowest BCUT2D eigenvalue weighted by Gasteiger charge is -2.33. The number of ether oxygens (including phenoxy) is 1. The van der Waals surface area contributed by atoms with E-state index in [1.165, 1.54) is 51.6 Å². The predicted octanol–water partition coefficient (Wildman–Crippen LogP) is 3.26. The number of likely N-dealkylation sites (tertiary alicyclic amines) is 1. The Morgan fingerprint density at radius 1 is 1.12 bits per heavy atom. The molecule has 2 N–H and O–H groups in total. The highest BCUT2D eigenvalue weighted by Gasteiger charge is 2.33. The Bertz CT molecular complexity index is 412. The van der Waals surface area contributed by atoms with Crippen molar-refractivity contribution in [3.05, 3.63) is 0 Å². The minimum absolute atomic E-state index is 0.388. The van der Waals surface area contributed by atoms with Crippen molar-refractivity contribution in [2.75, 3.05) is 46.4 Å². The lowest BCUT2D eigenvalue weighted by molar-refractivity contribution is 0.105. The molecule has 1 heterocycles. The minimum Gasteiger partial charge on any atom is -0.382 e. The standard InChI is InChI=1S/C21H42N4O/c1-5-26-15-12-21(10-6-7-11-21)17-24-20(22-4)23-16-19(18(2)3)25-13-8-9-14-25/h18-19H,5-17H2,1-4H3,(H2,22,23,24). The van der Waals surface area contributed by atoms with E-state index >= 15 is 0 Å². The number of nitrogens with zero attached hydrogens (tertiary/aromatic N) is 2. The van der Waals surface area contributed by atoms with Crippen molar-refractivity contribution in [1.82, 2.24) is 15.5 Å². The van der Waals surface area contributed by atoms with E-state index in [-0.39, 0.29) is 0 Å². The third-order valence-electron chi connectivity index (χ3n) is 6.36.